The number of anilines is 2. The Bertz CT molecular complexity index is 1230. The Balaban J connectivity index is 1.41. The van der Waals surface area contributed by atoms with Crippen LogP contribution in [0.2, 0.25) is 0 Å². The van der Waals surface area contributed by atoms with Gasteiger partial charge in [-0.2, -0.15) is 0 Å². The molecule has 0 aliphatic carbocycles. The van der Waals surface area contributed by atoms with Crippen LogP contribution in [0.4, 0.5) is 16.3 Å². The van der Waals surface area contributed by atoms with Crippen LogP contribution in [-0.2, 0) is 4.74 Å². The zero-order valence-electron chi connectivity index (χ0n) is 20.9. The molecule has 0 bridgehead atoms. The number of aryl methyl sites for hydroxylation is 1. The number of hydrogen-bond acceptors (Lipinski definition) is 8. The lowest BCUT2D eigenvalue weighted by Crippen LogP contribution is -2.42. The molecular formula is C24H31N7O4. The number of aromatic nitrogens is 4. The summed E-state index contributed by atoms with van der Waals surface area (Å²) in [6, 6.07) is 1.76. The minimum Gasteiger partial charge on any atom is -0.494 e. The van der Waals surface area contributed by atoms with Gasteiger partial charge in [0.05, 0.1) is 31.2 Å². The van der Waals surface area contributed by atoms with Gasteiger partial charge in [-0.3, -0.25) is 4.79 Å². The molecule has 0 unspecified atom stereocenters. The SMILES string of the molecule is COc1cc2nc(C)cn2cc1NC(=O)c1cnc(N2CC[C@@H](N(C)C(=O)OC(C)(C)C)C2)cn1. The van der Waals surface area contributed by atoms with Gasteiger partial charge in [0.2, 0.25) is 0 Å². The fourth-order valence-electron chi connectivity index (χ4n) is 3.94. The van der Waals surface area contributed by atoms with E-state index in [0.717, 1.165) is 24.3 Å². The fraction of sp³-hybridized carbons (Fsp3) is 0.458. The number of carbonyl (C=O) groups excluding carboxylic acids is 2. The van der Waals surface area contributed by atoms with Crippen LogP contribution in [0.1, 0.15) is 43.4 Å². The van der Waals surface area contributed by atoms with E-state index >= 15 is 0 Å². The lowest BCUT2D eigenvalue weighted by Gasteiger charge is -2.28. The van der Waals surface area contributed by atoms with Crippen molar-refractivity contribution in [2.75, 3.05) is 37.5 Å². The molecule has 35 heavy (non-hydrogen) atoms. The average Bonchev–Trinajstić information content (AvgIpc) is 3.42. The number of fused-ring (bicyclic) bond motifs is 1. The lowest BCUT2D eigenvalue weighted by atomic mass is 10.2. The molecule has 1 N–H and O–H groups in total. The van der Waals surface area contributed by atoms with E-state index in [4.69, 9.17) is 9.47 Å². The highest BCUT2D eigenvalue weighted by atomic mass is 16.6. The van der Waals surface area contributed by atoms with Crippen molar-refractivity contribution in [1.29, 1.82) is 0 Å². The van der Waals surface area contributed by atoms with Crippen LogP contribution in [0, 0.1) is 6.92 Å². The van der Waals surface area contributed by atoms with Crippen molar-refractivity contribution in [2.24, 2.45) is 0 Å². The summed E-state index contributed by atoms with van der Waals surface area (Å²) in [5.74, 6) is 0.746. The van der Waals surface area contributed by atoms with E-state index in [-0.39, 0.29) is 17.8 Å². The predicted molar refractivity (Wildman–Crippen MR) is 131 cm³/mol. The molecule has 11 nitrogen and oxygen atoms in total. The number of rotatable bonds is 5. The molecule has 0 radical (unpaired) electrons. The van der Waals surface area contributed by atoms with Gasteiger partial charge in [0.1, 0.15) is 34.2 Å². The van der Waals surface area contributed by atoms with Crippen molar-refractivity contribution >= 4 is 29.2 Å². The Morgan fingerprint density at radius 1 is 1.20 bits per heavy atom. The number of amides is 2. The van der Waals surface area contributed by atoms with Crippen molar-refractivity contribution in [1.82, 2.24) is 24.3 Å². The van der Waals surface area contributed by atoms with Gasteiger partial charge in [0.25, 0.3) is 5.91 Å². The largest absolute Gasteiger partial charge is 0.494 e. The summed E-state index contributed by atoms with van der Waals surface area (Å²) in [6.45, 7) is 8.77. The molecule has 1 saturated heterocycles. The second-order valence-electron chi connectivity index (χ2n) is 9.60. The van der Waals surface area contributed by atoms with Crippen LogP contribution in [0.15, 0.2) is 30.9 Å². The van der Waals surface area contributed by atoms with Gasteiger partial charge in [0, 0.05) is 38.6 Å². The van der Waals surface area contributed by atoms with Crippen molar-refractivity contribution in [3.8, 4) is 5.75 Å². The van der Waals surface area contributed by atoms with E-state index in [1.54, 1.807) is 30.4 Å². The Kier molecular flexibility index (Phi) is 6.51. The quantitative estimate of drug-likeness (QED) is 0.591. The maximum absolute atomic E-state index is 12.8. The maximum atomic E-state index is 12.8. The van der Waals surface area contributed by atoms with Gasteiger partial charge in [-0.1, -0.05) is 0 Å². The van der Waals surface area contributed by atoms with Crippen molar-refractivity contribution < 1.29 is 19.1 Å². The minimum absolute atomic E-state index is 0.00354. The minimum atomic E-state index is -0.543. The van der Waals surface area contributed by atoms with Crippen LogP contribution in [0.3, 0.4) is 0 Å². The smallest absolute Gasteiger partial charge is 0.410 e. The number of pyridine rings is 1. The number of ether oxygens (including phenoxy) is 2. The van der Waals surface area contributed by atoms with Crippen LogP contribution in [-0.4, -0.2) is 75.1 Å². The summed E-state index contributed by atoms with van der Waals surface area (Å²) in [5.41, 5.74) is 1.72. The summed E-state index contributed by atoms with van der Waals surface area (Å²) in [6.07, 6.45) is 7.08. The first-order chi connectivity index (χ1) is 16.5. The molecule has 4 rings (SSSR count). The Labute approximate surface area is 204 Å². The third kappa shape index (κ3) is 5.44. The van der Waals surface area contributed by atoms with Crippen LogP contribution in [0.5, 0.6) is 5.75 Å². The second-order valence-corrected chi connectivity index (χ2v) is 9.60. The molecule has 0 spiro atoms. The van der Waals surface area contributed by atoms with E-state index in [0.29, 0.717) is 23.8 Å². The monoisotopic (exact) mass is 481 g/mol. The van der Waals surface area contributed by atoms with Crippen molar-refractivity contribution in [3.05, 3.63) is 42.2 Å². The number of likely N-dealkylation sites (N-methyl/N-ethyl adjacent to an activating group) is 1. The normalized spacial score (nSPS) is 15.8. The molecule has 0 saturated carbocycles. The third-order valence-corrected chi connectivity index (χ3v) is 5.73. The second kappa shape index (κ2) is 9.40. The zero-order chi connectivity index (χ0) is 25.3. The molecule has 1 aliphatic heterocycles. The van der Waals surface area contributed by atoms with Gasteiger partial charge in [-0.05, 0) is 34.1 Å². The number of carbonyl (C=O) groups is 2. The molecule has 4 heterocycles. The van der Waals surface area contributed by atoms with E-state index in [9.17, 15) is 9.59 Å². The Morgan fingerprint density at radius 3 is 2.63 bits per heavy atom. The highest BCUT2D eigenvalue weighted by Crippen LogP contribution is 2.27. The first kappa shape index (κ1) is 24.2. The molecule has 3 aromatic heterocycles. The molecule has 3 aromatic rings. The van der Waals surface area contributed by atoms with E-state index < -0.39 is 11.5 Å². The van der Waals surface area contributed by atoms with Crippen LogP contribution in [0.25, 0.3) is 5.65 Å². The third-order valence-electron chi connectivity index (χ3n) is 5.73. The van der Waals surface area contributed by atoms with Gasteiger partial charge < -0.3 is 29.0 Å². The number of hydrogen-bond donors (Lipinski definition) is 1. The van der Waals surface area contributed by atoms with E-state index in [1.807, 2.05) is 43.2 Å². The molecule has 11 heteroatoms. The lowest BCUT2D eigenvalue weighted by molar-refractivity contribution is 0.0237. The van der Waals surface area contributed by atoms with E-state index in [2.05, 4.69) is 20.3 Å². The standard InChI is InChI=1S/C24H31N7O4/c1-15-12-31-14-18(19(34-6)9-20(31)27-15)28-22(32)17-10-26-21(11-25-17)30-8-7-16(13-30)29(5)23(33)35-24(2,3)4/h9-12,14,16H,7-8,13H2,1-6H3,(H,28,32)/t16-/m1/s1. The van der Waals surface area contributed by atoms with Gasteiger partial charge in [-0.25, -0.2) is 19.7 Å². The number of methoxy groups -OCH3 is 1. The fourth-order valence-corrected chi connectivity index (χ4v) is 3.94. The predicted octanol–water partition coefficient (Wildman–Crippen LogP) is 3.14. The topological polar surface area (TPSA) is 114 Å². The number of nitrogens with one attached hydrogen (secondary N) is 1. The summed E-state index contributed by atoms with van der Waals surface area (Å²) in [7, 11) is 3.29. The van der Waals surface area contributed by atoms with Gasteiger partial charge >= 0.3 is 6.09 Å². The first-order valence-electron chi connectivity index (χ1n) is 11.4. The summed E-state index contributed by atoms with van der Waals surface area (Å²) in [4.78, 5) is 42.0. The Morgan fingerprint density at radius 2 is 1.97 bits per heavy atom. The zero-order valence-corrected chi connectivity index (χ0v) is 20.9. The number of nitrogens with zero attached hydrogens (tertiary/aromatic N) is 6. The summed E-state index contributed by atoms with van der Waals surface area (Å²) in [5, 5.41) is 2.83. The molecular weight excluding hydrogens is 450 g/mol. The summed E-state index contributed by atoms with van der Waals surface area (Å²) >= 11 is 0. The van der Waals surface area contributed by atoms with Crippen LogP contribution >= 0.6 is 0 Å². The Hall–Kier alpha value is -3.89. The van der Waals surface area contributed by atoms with Crippen molar-refractivity contribution in [3.63, 3.8) is 0 Å². The molecule has 2 amide bonds. The molecule has 186 valence electrons. The van der Waals surface area contributed by atoms with Crippen molar-refractivity contribution in [2.45, 2.75) is 45.8 Å². The maximum Gasteiger partial charge on any atom is 0.410 e. The number of imidazole rings is 1. The molecule has 1 fully saturated rings. The summed E-state index contributed by atoms with van der Waals surface area (Å²) < 4.78 is 12.7. The highest BCUT2D eigenvalue weighted by molar-refractivity contribution is 6.03. The highest BCUT2D eigenvalue weighted by Gasteiger charge is 2.31. The molecule has 1 atom stereocenters. The first-order valence-corrected chi connectivity index (χ1v) is 11.4. The molecule has 1 aliphatic rings. The van der Waals surface area contributed by atoms with Gasteiger partial charge in [0.15, 0.2) is 0 Å². The van der Waals surface area contributed by atoms with Crippen LogP contribution < -0.4 is 15.0 Å². The molecule has 0 aromatic carbocycles. The average molecular weight is 482 g/mol. The van der Waals surface area contributed by atoms with E-state index in [1.165, 1.54) is 13.3 Å². The van der Waals surface area contributed by atoms with Gasteiger partial charge in [-0.15, -0.1) is 0 Å².